The van der Waals surface area contributed by atoms with Crippen molar-refractivity contribution in [1.29, 1.82) is 0 Å². The summed E-state index contributed by atoms with van der Waals surface area (Å²) in [7, 11) is -2.88. The van der Waals surface area contributed by atoms with Crippen molar-refractivity contribution in [2.45, 2.75) is 19.4 Å². The zero-order valence-corrected chi connectivity index (χ0v) is 11.8. The SMILES string of the molecule is CS(=O)(=O)CCCNCc1ccc(CC(=O)O)s1. The van der Waals surface area contributed by atoms with Crippen molar-refractivity contribution < 1.29 is 18.3 Å². The predicted octanol–water partition coefficient (Wildman–Crippen LogP) is 0.899. The molecule has 0 spiro atoms. The fraction of sp³-hybridized carbons (Fsp3) is 0.545. The Morgan fingerprint density at radius 3 is 2.67 bits per heavy atom. The number of aliphatic carboxylic acids is 1. The number of carboxylic acid groups (broad SMARTS) is 1. The first-order valence-corrected chi connectivity index (χ1v) is 8.42. The summed E-state index contributed by atoms with van der Waals surface area (Å²) >= 11 is 1.46. The van der Waals surface area contributed by atoms with Crippen molar-refractivity contribution in [2.75, 3.05) is 18.6 Å². The molecule has 18 heavy (non-hydrogen) atoms. The van der Waals surface area contributed by atoms with Crippen LogP contribution in [0.15, 0.2) is 12.1 Å². The van der Waals surface area contributed by atoms with E-state index in [1.165, 1.54) is 17.6 Å². The highest BCUT2D eigenvalue weighted by Gasteiger charge is 2.05. The Balaban J connectivity index is 2.23. The highest BCUT2D eigenvalue weighted by molar-refractivity contribution is 7.90. The van der Waals surface area contributed by atoms with Gasteiger partial charge in [0.05, 0.1) is 12.2 Å². The third-order valence-electron chi connectivity index (χ3n) is 2.21. The first-order valence-electron chi connectivity index (χ1n) is 5.54. The van der Waals surface area contributed by atoms with Gasteiger partial charge < -0.3 is 10.4 Å². The molecule has 0 amide bonds. The van der Waals surface area contributed by atoms with E-state index in [4.69, 9.17) is 5.11 Å². The summed E-state index contributed by atoms with van der Waals surface area (Å²) in [4.78, 5) is 12.4. The van der Waals surface area contributed by atoms with Crippen LogP contribution >= 0.6 is 11.3 Å². The molecule has 1 aromatic heterocycles. The zero-order chi connectivity index (χ0) is 13.6. The third-order valence-corrected chi connectivity index (χ3v) is 4.33. The van der Waals surface area contributed by atoms with Crippen LogP contribution in [-0.2, 0) is 27.6 Å². The normalized spacial score (nSPS) is 11.6. The molecule has 0 aliphatic heterocycles. The Hall–Kier alpha value is -0.920. The summed E-state index contributed by atoms with van der Waals surface area (Å²) in [5.41, 5.74) is 0. The average molecular weight is 291 g/mol. The maximum atomic E-state index is 10.9. The van der Waals surface area contributed by atoms with Crippen molar-refractivity contribution in [3.05, 3.63) is 21.9 Å². The number of nitrogens with one attached hydrogen (secondary N) is 1. The Labute approximate surface area is 111 Å². The van der Waals surface area contributed by atoms with E-state index >= 15 is 0 Å². The van der Waals surface area contributed by atoms with Crippen LogP contribution in [-0.4, -0.2) is 38.0 Å². The molecule has 7 heteroatoms. The van der Waals surface area contributed by atoms with E-state index in [0.717, 1.165) is 9.75 Å². The zero-order valence-electron chi connectivity index (χ0n) is 10.2. The lowest BCUT2D eigenvalue weighted by atomic mass is 10.3. The lowest BCUT2D eigenvalue weighted by molar-refractivity contribution is -0.136. The molecule has 0 unspecified atom stereocenters. The van der Waals surface area contributed by atoms with Gasteiger partial charge in [-0.25, -0.2) is 8.42 Å². The Kier molecular flexibility index (Phi) is 5.77. The Morgan fingerprint density at radius 2 is 2.06 bits per heavy atom. The summed E-state index contributed by atoms with van der Waals surface area (Å²) < 4.78 is 21.8. The Morgan fingerprint density at radius 1 is 1.39 bits per heavy atom. The van der Waals surface area contributed by atoms with Gasteiger partial charge in [0.25, 0.3) is 0 Å². The topological polar surface area (TPSA) is 83.5 Å². The van der Waals surface area contributed by atoms with Crippen LogP contribution in [0.3, 0.4) is 0 Å². The molecular formula is C11H17NO4S2. The molecule has 102 valence electrons. The second-order valence-corrected chi connectivity index (χ2v) is 7.61. The third kappa shape index (κ3) is 6.73. The molecule has 1 aromatic rings. The summed E-state index contributed by atoms with van der Waals surface area (Å²) in [6.07, 6.45) is 1.87. The quantitative estimate of drug-likeness (QED) is 0.695. The van der Waals surface area contributed by atoms with Gasteiger partial charge in [-0.05, 0) is 25.1 Å². The van der Waals surface area contributed by atoms with E-state index in [-0.39, 0.29) is 12.2 Å². The van der Waals surface area contributed by atoms with Crippen LogP contribution in [0, 0.1) is 0 Å². The van der Waals surface area contributed by atoms with E-state index in [1.54, 1.807) is 0 Å². The van der Waals surface area contributed by atoms with Gasteiger partial charge in [-0.1, -0.05) is 0 Å². The second kappa shape index (κ2) is 6.86. The summed E-state index contributed by atoms with van der Waals surface area (Å²) in [5.74, 6) is -0.640. The number of hydrogen-bond donors (Lipinski definition) is 2. The molecule has 0 atom stereocenters. The van der Waals surface area contributed by atoms with Crippen LogP contribution in [0.2, 0.25) is 0 Å². The summed E-state index contributed by atoms with van der Waals surface area (Å²) in [5, 5.41) is 11.8. The van der Waals surface area contributed by atoms with Gasteiger partial charge in [-0.15, -0.1) is 11.3 Å². The molecular weight excluding hydrogens is 274 g/mol. The standard InChI is InChI=1S/C11H17NO4S2/c1-18(15,16)6-2-5-12-8-10-4-3-9(17-10)7-11(13)14/h3-4,12H,2,5-8H2,1H3,(H,13,14). The second-order valence-electron chi connectivity index (χ2n) is 4.10. The van der Waals surface area contributed by atoms with Crippen molar-refractivity contribution >= 4 is 27.1 Å². The molecule has 0 radical (unpaired) electrons. The maximum absolute atomic E-state index is 10.9. The number of sulfone groups is 1. The largest absolute Gasteiger partial charge is 0.481 e. The summed E-state index contributed by atoms with van der Waals surface area (Å²) in [6, 6.07) is 3.71. The van der Waals surface area contributed by atoms with E-state index in [9.17, 15) is 13.2 Å². The van der Waals surface area contributed by atoms with Gasteiger partial charge in [-0.3, -0.25) is 4.79 Å². The molecule has 5 nitrogen and oxygen atoms in total. The molecule has 0 saturated carbocycles. The van der Waals surface area contributed by atoms with E-state index in [2.05, 4.69) is 5.32 Å². The van der Waals surface area contributed by atoms with Crippen molar-refractivity contribution in [1.82, 2.24) is 5.32 Å². The minimum Gasteiger partial charge on any atom is -0.481 e. The molecule has 0 aliphatic carbocycles. The highest BCUT2D eigenvalue weighted by Crippen LogP contribution is 2.16. The first kappa shape index (κ1) is 15.1. The monoisotopic (exact) mass is 291 g/mol. The number of thiophene rings is 1. The Bertz CT molecular complexity index is 493. The van der Waals surface area contributed by atoms with Gasteiger partial charge in [0, 0.05) is 22.6 Å². The van der Waals surface area contributed by atoms with E-state index in [0.29, 0.717) is 19.5 Å². The highest BCUT2D eigenvalue weighted by atomic mass is 32.2. The molecule has 1 heterocycles. The van der Waals surface area contributed by atoms with Gasteiger partial charge >= 0.3 is 5.97 Å². The number of carboxylic acids is 1. The van der Waals surface area contributed by atoms with Gasteiger partial charge in [0.15, 0.2) is 0 Å². The van der Waals surface area contributed by atoms with E-state index in [1.807, 2.05) is 12.1 Å². The van der Waals surface area contributed by atoms with Crippen LogP contribution in [0.4, 0.5) is 0 Å². The molecule has 0 saturated heterocycles. The van der Waals surface area contributed by atoms with Crippen LogP contribution in [0.5, 0.6) is 0 Å². The number of hydrogen-bond acceptors (Lipinski definition) is 5. The molecule has 0 bridgehead atoms. The summed E-state index contributed by atoms with van der Waals surface area (Å²) in [6.45, 7) is 1.29. The van der Waals surface area contributed by atoms with Gasteiger partial charge in [0.2, 0.25) is 0 Å². The van der Waals surface area contributed by atoms with Crippen molar-refractivity contribution in [3.63, 3.8) is 0 Å². The molecule has 1 rings (SSSR count). The van der Waals surface area contributed by atoms with Gasteiger partial charge in [-0.2, -0.15) is 0 Å². The van der Waals surface area contributed by atoms with Crippen molar-refractivity contribution in [2.24, 2.45) is 0 Å². The minimum absolute atomic E-state index is 0.0543. The van der Waals surface area contributed by atoms with Crippen LogP contribution in [0.25, 0.3) is 0 Å². The first-order chi connectivity index (χ1) is 8.37. The van der Waals surface area contributed by atoms with Gasteiger partial charge in [0.1, 0.15) is 9.84 Å². The van der Waals surface area contributed by atoms with Crippen molar-refractivity contribution in [3.8, 4) is 0 Å². The average Bonchev–Trinajstić information content (AvgIpc) is 2.62. The maximum Gasteiger partial charge on any atom is 0.308 e. The molecule has 2 N–H and O–H groups in total. The lowest BCUT2D eigenvalue weighted by Gasteiger charge is -2.02. The number of carbonyl (C=O) groups is 1. The van der Waals surface area contributed by atoms with Crippen LogP contribution < -0.4 is 5.32 Å². The predicted molar refractivity (Wildman–Crippen MR) is 71.7 cm³/mol. The molecule has 0 aliphatic rings. The van der Waals surface area contributed by atoms with E-state index < -0.39 is 15.8 Å². The number of rotatable bonds is 8. The lowest BCUT2D eigenvalue weighted by Crippen LogP contribution is -2.17. The fourth-order valence-corrected chi connectivity index (χ4v) is 3.08. The fourth-order valence-electron chi connectivity index (χ4n) is 1.43. The minimum atomic E-state index is -2.88. The van der Waals surface area contributed by atoms with Crippen LogP contribution in [0.1, 0.15) is 16.2 Å². The molecule has 0 aromatic carbocycles. The smallest absolute Gasteiger partial charge is 0.308 e. The molecule has 0 fully saturated rings.